The Morgan fingerprint density at radius 2 is 1.76 bits per heavy atom. The topological polar surface area (TPSA) is 93.1 Å². The lowest BCUT2D eigenvalue weighted by atomic mass is 9.73. The Labute approximate surface area is 267 Å². The first kappa shape index (κ1) is 31.3. The first-order valence-corrected chi connectivity index (χ1v) is 16.5. The van der Waals surface area contributed by atoms with Crippen molar-refractivity contribution in [2.75, 3.05) is 14.2 Å². The minimum Gasteiger partial charge on any atom is -0.496 e. The molecule has 1 unspecified atom stereocenters. The largest absolute Gasteiger partial charge is 0.496 e. The highest BCUT2D eigenvalue weighted by molar-refractivity contribution is 7.27. The number of rotatable bonds is 8. The second-order valence-electron chi connectivity index (χ2n) is 13.4. The number of amides is 1. The molecule has 1 amide bonds. The number of hydrogen-bond acceptors (Lipinski definition) is 5. The minimum atomic E-state index is -0.814. The third-order valence-electron chi connectivity index (χ3n) is 10.6. The van der Waals surface area contributed by atoms with Gasteiger partial charge in [-0.05, 0) is 103 Å². The van der Waals surface area contributed by atoms with E-state index in [1.54, 1.807) is 19.1 Å². The fourth-order valence-electron chi connectivity index (χ4n) is 7.99. The van der Waals surface area contributed by atoms with Crippen molar-refractivity contribution in [3.8, 4) is 5.75 Å². The van der Waals surface area contributed by atoms with Gasteiger partial charge < -0.3 is 19.5 Å². The molecule has 8 heteroatoms. The Hall–Kier alpha value is -3.70. The van der Waals surface area contributed by atoms with Gasteiger partial charge in [-0.2, -0.15) is 0 Å². The quantitative estimate of drug-likeness (QED) is 0.223. The number of carbonyl (C=O) groups is 3. The van der Waals surface area contributed by atoms with Crippen LogP contribution in [-0.2, 0) is 20.9 Å². The molecular weight excluding hydrogens is 585 g/mol. The zero-order valence-corrected chi connectivity index (χ0v) is 27.4. The second kappa shape index (κ2) is 12.6. The number of nitrogens with zero attached hydrogens (tertiary/aromatic N) is 1. The number of allylic oxidation sites excluding steroid dienone is 1. The fraction of sp³-hybridized carbons (Fsp3) is 0.432. The molecular formula is C37H42NO6P. The van der Waals surface area contributed by atoms with Gasteiger partial charge in [-0.3, -0.25) is 14.4 Å². The molecule has 0 saturated heterocycles. The summed E-state index contributed by atoms with van der Waals surface area (Å²) in [5.41, 5.74) is 2.99. The van der Waals surface area contributed by atoms with Crippen molar-refractivity contribution in [1.82, 2.24) is 4.90 Å². The summed E-state index contributed by atoms with van der Waals surface area (Å²) in [7, 11) is 6.02. The van der Waals surface area contributed by atoms with E-state index in [1.165, 1.54) is 5.57 Å². The van der Waals surface area contributed by atoms with Crippen LogP contribution in [0.2, 0.25) is 0 Å². The van der Waals surface area contributed by atoms with Gasteiger partial charge in [-0.25, -0.2) is 0 Å². The Balaban J connectivity index is 1.15. The van der Waals surface area contributed by atoms with Crippen molar-refractivity contribution in [3.05, 3.63) is 76.9 Å². The molecule has 2 bridgehead atoms. The summed E-state index contributed by atoms with van der Waals surface area (Å²) >= 11 is 0. The minimum absolute atomic E-state index is 0.136. The molecule has 0 spiro atoms. The third kappa shape index (κ3) is 6.00. The van der Waals surface area contributed by atoms with E-state index >= 15 is 0 Å². The van der Waals surface area contributed by atoms with Crippen molar-refractivity contribution in [1.29, 1.82) is 0 Å². The molecule has 3 fully saturated rings. The van der Waals surface area contributed by atoms with Crippen molar-refractivity contribution in [2.45, 2.75) is 64.5 Å². The number of benzene rings is 3. The lowest BCUT2D eigenvalue weighted by Crippen LogP contribution is -2.48. The van der Waals surface area contributed by atoms with Crippen molar-refractivity contribution in [3.63, 3.8) is 0 Å². The predicted octanol–water partition coefficient (Wildman–Crippen LogP) is 6.63. The summed E-state index contributed by atoms with van der Waals surface area (Å²) in [5.74, 6) is -0.898. The summed E-state index contributed by atoms with van der Waals surface area (Å²) in [5, 5.41) is 13.1. The van der Waals surface area contributed by atoms with Crippen LogP contribution in [0.15, 0.2) is 60.2 Å². The number of ether oxygens (including phenoxy) is 2. The summed E-state index contributed by atoms with van der Waals surface area (Å²) in [6.45, 7) is 2.25. The van der Waals surface area contributed by atoms with E-state index in [-0.39, 0.29) is 36.4 Å². The average Bonchev–Trinajstić information content (AvgIpc) is 3.67. The lowest BCUT2D eigenvalue weighted by molar-refractivity contribution is -0.157. The van der Waals surface area contributed by atoms with Crippen LogP contribution in [0.4, 0.5) is 0 Å². The Bertz CT molecular complexity index is 1670. The number of hydrogen-bond donors (Lipinski definition) is 1. The molecule has 0 radical (unpaired) electrons. The van der Waals surface area contributed by atoms with E-state index < -0.39 is 17.3 Å². The average molecular weight is 628 g/mol. The highest BCUT2D eigenvalue weighted by atomic mass is 31.0. The molecule has 1 N–H and O–H groups in total. The normalized spacial score (nSPS) is 25.6. The zero-order chi connectivity index (χ0) is 31.9. The van der Waals surface area contributed by atoms with Gasteiger partial charge in [0, 0.05) is 13.1 Å². The predicted molar refractivity (Wildman–Crippen MR) is 178 cm³/mol. The Morgan fingerprint density at radius 1 is 1.04 bits per heavy atom. The molecule has 0 heterocycles. The first-order valence-electron chi connectivity index (χ1n) is 15.9. The molecule has 6 rings (SSSR count). The maximum absolute atomic E-state index is 13.9. The van der Waals surface area contributed by atoms with Gasteiger partial charge in [0.05, 0.1) is 24.0 Å². The fourth-order valence-corrected chi connectivity index (χ4v) is 8.31. The summed E-state index contributed by atoms with van der Waals surface area (Å²) in [4.78, 5) is 41.0. The molecule has 3 aromatic carbocycles. The summed E-state index contributed by atoms with van der Waals surface area (Å²) < 4.78 is 11.5. The van der Waals surface area contributed by atoms with Crippen LogP contribution >= 0.6 is 9.24 Å². The SMILES string of the molecule is COc1cc(P)c(C=C2CCC(C)(C(=O)OCc3cccc4ccccc34)CC2)cc1C(=O)N(C)[C@@H]1[C@H]2CC[C@H](C2)[C@@H]1C(=O)O. The van der Waals surface area contributed by atoms with Crippen molar-refractivity contribution >= 4 is 49.2 Å². The van der Waals surface area contributed by atoms with Gasteiger partial charge in [0.25, 0.3) is 5.91 Å². The molecule has 45 heavy (non-hydrogen) atoms. The number of carbonyl (C=O) groups excluding carboxylic acids is 2. The van der Waals surface area contributed by atoms with E-state index in [1.807, 2.05) is 43.3 Å². The number of aliphatic carboxylic acids is 1. The molecule has 236 valence electrons. The van der Waals surface area contributed by atoms with Gasteiger partial charge in [-0.1, -0.05) is 54.1 Å². The lowest BCUT2D eigenvalue weighted by Gasteiger charge is -2.36. The van der Waals surface area contributed by atoms with Crippen LogP contribution in [0.1, 0.15) is 73.4 Å². The molecule has 3 saturated carbocycles. The van der Waals surface area contributed by atoms with Gasteiger partial charge in [0.2, 0.25) is 0 Å². The van der Waals surface area contributed by atoms with E-state index in [4.69, 9.17) is 9.47 Å². The van der Waals surface area contributed by atoms with Crippen LogP contribution in [0, 0.1) is 23.2 Å². The van der Waals surface area contributed by atoms with E-state index in [0.29, 0.717) is 24.2 Å². The van der Waals surface area contributed by atoms with Crippen LogP contribution in [0.5, 0.6) is 5.75 Å². The summed E-state index contributed by atoms with van der Waals surface area (Å²) in [6.07, 6.45) is 7.76. The number of methoxy groups -OCH3 is 1. The van der Waals surface area contributed by atoms with Gasteiger partial charge in [0.1, 0.15) is 12.4 Å². The van der Waals surface area contributed by atoms with Crippen molar-refractivity contribution in [2.24, 2.45) is 23.2 Å². The Morgan fingerprint density at radius 3 is 2.49 bits per heavy atom. The van der Waals surface area contributed by atoms with E-state index in [0.717, 1.165) is 59.3 Å². The van der Waals surface area contributed by atoms with E-state index in [2.05, 4.69) is 33.5 Å². The molecule has 3 aliphatic carbocycles. The molecule has 0 aromatic heterocycles. The van der Waals surface area contributed by atoms with Crippen molar-refractivity contribution < 1.29 is 29.0 Å². The number of carboxylic acids is 1. The zero-order valence-electron chi connectivity index (χ0n) is 26.3. The highest BCUT2D eigenvalue weighted by Crippen LogP contribution is 2.51. The van der Waals surface area contributed by atoms with Gasteiger partial charge in [0.15, 0.2) is 0 Å². The van der Waals surface area contributed by atoms with Crippen LogP contribution < -0.4 is 10.0 Å². The van der Waals surface area contributed by atoms with E-state index in [9.17, 15) is 19.5 Å². The number of esters is 1. The van der Waals surface area contributed by atoms with Gasteiger partial charge in [-0.15, -0.1) is 9.24 Å². The van der Waals surface area contributed by atoms with Crippen LogP contribution in [-0.4, -0.2) is 48.1 Å². The standard InChI is InChI=1S/C37H42NO6P/c1-37(36(42)44-21-26-9-6-8-23-7-4-5-10-28(23)26)15-13-22(14-16-37)17-27-19-29(30(43-3)20-31(27)45)34(39)38(2)33-25-12-11-24(18-25)32(33)35(40)41/h4-10,17,19-20,24-25,32-33H,11-16,18,21,45H2,1-3H3,(H,40,41)/t24-,25+,32+,33-,37?/m1/s1. The maximum Gasteiger partial charge on any atom is 0.312 e. The molecule has 5 atom stereocenters. The highest BCUT2D eigenvalue weighted by Gasteiger charge is 2.53. The van der Waals surface area contributed by atoms with Crippen LogP contribution in [0.25, 0.3) is 16.8 Å². The smallest absolute Gasteiger partial charge is 0.312 e. The molecule has 7 nitrogen and oxygen atoms in total. The monoisotopic (exact) mass is 627 g/mol. The molecule has 3 aromatic rings. The van der Waals surface area contributed by atoms with Gasteiger partial charge >= 0.3 is 11.9 Å². The third-order valence-corrected chi connectivity index (χ3v) is 11.1. The second-order valence-corrected chi connectivity index (χ2v) is 14.0. The molecule has 0 aliphatic heterocycles. The Kier molecular flexibility index (Phi) is 8.76. The first-order chi connectivity index (χ1) is 21.6. The number of fused-ring (bicyclic) bond motifs is 3. The number of carboxylic acid groups (broad SMARTS) is 1. The maximum atomic E-state index is 13.9. The summed E-state index contributed by atoms with van der Waals surface area (Å²) in [6, 6.07) is 17.6. The molecule has 3 aliphatic rings. The van der Waals surface area contributed by atoms with Crippen LogP contribution in [0.3, 0.4) is 0 Å².